The summed E-state index contributed by atoms with van der Waals surface area (Å²) >= 11 is 0. The topological polar surface area (TPSA) is 53.1 Å². The Morgan fingerprint density at radius 3 is 3.07 bits per heavy atom. The van der Waals surface area contributed by atoms with Crippen molar-refractivity contribution < 1.29 is 4.74 Å². The van der Waals surface area contributed by atoms with Gasteiger partial charge in [-0.15, -0.1) is 0 Å². The summed E-state index contributed by atoms with van der Waals surface area (Å²) in [5.41, 5.74) is 7.84. The molecule has 4 heteroatoms. The summed E-state index contributed by atoms with van der Waals surface area (Å²) in [5, 5.41) is 5.44. The van der Waals surface area contributed by atoms with Crippen molar-refractivity contribution in [1.29, 1.82) is 0 Å². The van der Waals surface area contributed by atoms with Crippen LogP contribution in [0.5, 0.6) is 0 Å². The van der Waals surface area contributed by atoms with Crippen molar-refractivity contribution in [2.24, 2.45) is 5.73 Å². The largest absolute Gasteiger partial charge is 0.383 e. The Morgan fingerprint density at radius 2 is 2.33 bits per heavy atom. The van der Waals surface area contributed by atoms with Crippen molar-refractivity contribution >= 4 is 10.9 Å². The SMILES string of the molecule is COCCn1ncc2cc(CN)ccc21. The molecule has 4 nitrogen and oxygen atoms in total. The van der Waals surface area contributed by atoms with Gasteiger partial charge in [0, 0.05) is 19.0 Å². The first-order valence-electron chi connectivity index (χ1n) is 4.98. The molecular formula is C11H15N3O. The third-order valence-corrected chi connectivity index (χ3v) is 2.45. The number of aromatic nitrogens is 2. The van der Waals surface area contributed by atoms with Crippen molar-refractivity contribution in [1.82, 2.24) is 9.78 Å². The van der Waals surface area contributed by atoms with E-state index in [0.29, 0.717) is 13.2 Å². The van der Waals surface area contributed by atoms with E-state index in [9.17, 15) is 0 Å². The number of hydrogen-bond donors (Lipinski definition) is 1. The van der Waals surface area contributed by atoms with E-state index in [1.807, 2.05) is 16.9 Å². The highest BCUT2D eigenvalue weighted by Gasteiger charge is 2.02. The summed E-state index contributed by atoms with van der Waals surface area (Å²) in [7, 11) is 1.69. The zero-order valence-corrected chi connectivity index (χ0v) is 8.81. The number of nitrogens with zero attached hydrogens (tertiary/aromatic N) is 2. The van der Waals surface area contributed by atoms with Gasteiger partial charge in [-0.05, 0) is 17.7 Å². The second-order valence-electron chi connectivity index (χ2n) is 3.46. The minimum Gasteiger partial charge on any atom is -0.383 e. The molecule has 0 amide bonds. The first-order chi connectivity index (χ1) is 7.35. The van der Waals surface area contributed by atoms with Crippen LogP contribution in [-0.2, 0) is 17.8 Å². The van der Waals surface area contributed by atoms with E-state index in [1.54, 1.807) is 7.11 Å². The lowest BCUT2D eigenvalue weighted by Crippen LogP contribution is -2.05. The molecule has 1 aromatic heterocycles. The van der Waals surface area contributed by atoms with Crippen LogP contribution >= 0.6 is 0 Å². The summed E-state index contributed by atoms with van der Waals surface area (Å²) in [6.07, 6.45) is 1.87. The van der Waals surface area contributed by atoms with Gasteiger partial charge in [0.25, 0.3) is 0 Å². The molecule has 0 aliphatic heterocycles. The number of hydrogen-bond acceptors (Lipinski definition) is 3. The second kappa shape index (κ2) is 4.42. The van der Waals surface area contributed by atoms with Crippen LogP contribution in [0, 0.1) is 0 Å². The Labute approximate surface area is 88.6 Å². The number of ether oxygens (including phenoxy) is 1. The molecule has 1 aromatic carbocycles. The Balaban J connectivity index is 2.34. The second-order valence-corrected chi connectivity index (χ2v) is 3.46. The van der Waals surface area contributed by atoms with Gasteiger partial charge in [0.2, 0.25) is 0 Å². The predicted molar refractivity (Wildman–Crippen MR) is 59.5 cm³/mol. The molecule has 0 radical (unpaired) electrons. The summed E-state index contributed by atoms with van der Waals surface area (Å²) < 4.78 is 6.97. The van der Waals surface area contributed by atoms with E-state index in [1.165, 1.54) is 0 Å². The quantitative estimate of drug-likeness (QED) is 0.814. The van der Waals surface area contributed by atoms with E-state index in [-0.39, 0.29) is 0 Å². The van der Waals surface area contributed by atoms with E-state index in [0.717, 1.165) is 23.0 Å². The molecule has 15 heavy (non-hydrogen) atoms. The molecule has 0 saturated carbocycles. The Bertz CT molecular complexity index is 450. The Hall–Kier alpha value is -1.39. The molecule has 2 N–H and O–H groups in total. The first kappa shape index (κ1) is 10.1. The molecule has 0 unspecified atom stereocenters. The minimum absolute atomic E-state index is 0.569. The normalized spacial score (nSPS) is 11.1. The first-order valence-corrected chi connectivity index (χ1v) is 4.98. The van der Waals surface area contributed by atoms with Gasteiger partial charge >= 0.3 is 0 Å². The lowest BCUT2D eigenvalue weighted by atomic mass is 10.1. The molecule has 1 heterocycles. The van der Waals surface area contributed by atoms with E-state index in [2.05, 4.69) is 17.2 Å². The summed E-state index contributed by atoms with van der Waals surface area (Å²) in [5.74, 6) is 0. The monoisotopic (exact) mass is 205 g/mol. The molecule has 2 rings (SSSR count). The van der Waals surface area contributed by atoms with Crippen LogP contribution in [0.25, 0.3) is 10.9 Å². The van der Waals surface area contributed by atoms with Crippen molar-refractivity contribution in [2.75, 3.05) is 13.7 Å². The van der Waals surface area contributed by atoms with Crippen molar-refractivity contribution in [3.8, 4) is 0 Å². The number of nitrogens with two attached hydrogens (primary N) is 1. The molecule has 2 aromatic rings. The van der Waals surface area contributed by atoms with Crippen LogP contribution in [0.1, 0.15) is 5.56 Å². The van der Waals surface area contributed by atoms with Crippen molar-refractivity contribution in [3.05, 3.63) is 30.0 Å². The molecule has 80 valence electrons. The van der Waals surface area contributed by atoms with Gasteiger partial charge in [0.05, 0.1) is 24.9 Å². The van der Waals surface area contributed by atoms with E-state index >= 15 is 0 Å². The molecule has 0 aliphatic rings. The highest BCUT2D eigenvalue weighted by molar-refractivity contribution is 5.79. The molecule has 0 bridgehead atoms. The zero-order chi connectivity index (χ0) is 10.7. The Morgan fingerprint density at radius 1 is 1.47 bits per heavy atom. The fourth-order valence-electron chi connectivity index (χ4n) is 1.62. The molecule has 0 atom stereocenters. The lowest BCUT2D eigenvalue weighted by molar-refractivity contribution is 0.185. The summed E-state index contributed by atoms with van der Waals surface area (Å²) in [6, 6.07) is 6.17. The third kappa shape index (κ3) is 2.00. The fourth-order valence-corrected chi connectivity index (χ4v) is 1.62. The van der Waals surface area contributed by atoms with Crippen LogP contribution in [0.15, 0.2) is 24.4 Å². The minimum atomic E-state index is 0.569. The average molecular weight is 205 g/mol. The molecule has 0 fully saturated rings. The van der Waals surface area contributed by atoms with Crippen LogP contribution < -0.4 is 5.73 Å². The van der Waals surface area contributed by atoms with Crippen LogP contribution in [-0.4, -0.2) is 23.5 Å². The van der Waals surface area contributed by atoms with Crippen LogP contribution in [0.4, 0.5) is 0 Å². The highest BCUT2D eigenvalue weighted by atomic mass is 16.5. The fraction of sp³-hybridized carbons (Fsp3) is 0.364. The van der Waals surface area contributed by atoms with E-state index in [4.69, 9.17) is 10.5 Å². The number of rotatable bonds is 4. The number of fused-ring (bicyclic) bond motifs is 1. The highest BCUT2D eigenvalue weighted by Crippen LogP contribution is 2.15. The summed E-state index contributed by atoms with van der Waals surface area (Å²) in [6.45, 7) is 2.02. The maximum Gasteiger partial charge on any atom is 0.0683 e. The van der Waals surface area contributed by atoms with Crippen LogP contribution in [0.2, 0.25) is 0 Å². The molecule has 0 saturated heterocycles. The Kier molecular flexibility index (Phi) is 2.99. The van der Waals surface area contributed by atoms with Crippen LogP contribution in [0.3, 0.4) is 0 Å². The average Bonchev–Trinajstić information content (AvgIpc) is 2.68. The van der Waals surface area contributed by atoms with Gasteiger partial charge in [-0.2, -0.15) is 5.10 Å². The molecule has 0 spiro atoms. The van der Waals surface area contributed by atoms with E-state index < -0.39 is 0 Å². The zero-order valence-electron chi connectivity index (χ0n) is 8.81. The third-order valence-electron chi connectivity index (χ3n) is 2.45. The van der Waals surface area contributed by atoms with Crippen molar-refractivity contribution in [3.63, 3.8) is 0 Å². The summed E-state index contributed by atoms with van der Waals surface area (Å²) in [4.78, 5) is 0. The smallest absolute Gasteiger partial charge is 0.0683 e. The van der Waals surface area contributed by atoms with Gasteiger partial charge in [0.15, 0.2) is 0 Å². The standard InChI is InChI=1S/C11H15N3O/c1-15-5-4-14-11-3-2-9(7-12)6-10(11)8-13-14/h2-3,6,8H,4-5,7,12H2,1H3. The number of benzene rings is 1. The van der Waals surface area contributed by atoms with Crippen molar-refractivity contribution in [2.45, 2.75) is 13.1 Å². The van der Waals surface area contributed by atoms with Gasteiger partial charge in [-0.25, -0.2) is 0 Å². The van der Waals surface area contributed by atoms with Gasteiger partial charge in [0.1, 0.15) is 0 Å². The maximum atomic E-state index is 5.58. The molecule has 0 aliphatic carbocycles. The lowest BCUT2D eigenvalue weighted by Gasteiger charge is -2.02. The molecular weight excluding hydrogens is 190 g/mol. The van der Waals surface area contributed by atoms with Gasteiger partial charge in [-0.1, -0.05) is 6.07 Å². The predicted octanol–water partition coefficient (Wildman–Crippen LogP) is 1.14. The van der Waals surface area contributed by atoms with Gasteiger partial charge < -0.3 is 10.5 Å². The maximum absolute atomic E-state index is 5.58. The number of methoxy groups -OCH3 is 1. The van der Waals surface area contributed by atoms with Gasteiger partial charge in [-0.3, -0.25) is 4.68 Å².